The lowest BCUT2D eigenvalue weighted by molar-refractivity contribution is -0.384. The van der Waals surface area contributed by atoms with E-state index in [-0.39, 0.29) is 28.7 Å². The zero-order valence-corrected chi connectivity index (χ0v) is 20.6. The lowest BCUT2D eigenvalue weighted by atomic mass is 10.1. The predicted octanol–water partition coefficient (Wildman–Crippen LogP) is 3.73. The molecule has 0 saturated carbocycles. The molecule has 4 aromatic rings. The monoisotopic (exact) mass is 553 g/mol. The van der Waals surface area contributed by atoms with Gasteiger partial charge in [0.1, 0.15) is 5.69 Å². The number of carboxylic acid groups (broad SMARTS) is 2. The van der Waals surface area contributed by atoms with E-state index in [2.05, 4.69) is 5.32 Å². The number of nitro benzene ring substituents is 1. The van der Waals surface area contributed by atoms with Crippen LogP contribution in [0.5, 0.6) is 0 Å². The number of aromatic nitrogens is 1. The summed E-state index contributed by atoms with van der Waals surface area (Å²) in [5, 5.41) is 32.3. The summed E-state index contributed by atoms with van der Waals surface area (Å²) in [6, 6.07) is 17.5. The molecule has 39 heavy (non-hydrogen) atoms. The van der Waals surface area contributed by atoms with E-state index in [9.17, 15) is 43.1 Å². The summed E-state index contributed by atoms with van der Waals surface area (Å²) in [6.45, 7) is 0. The molecule has 14 heteroatoms. The van der Waals surface area contributed by atoms with Crippen LogP contribution in [-0.4, -0.2) is 52.2 Å². The highest BCUT2D eigenvalue weighted by Gasteiger charge is 2.29. The molecule has 0 radical (unpaired) electrons. The van der Waals surface area contributed by atoms with Gasteiger partial charge in [0.05, 0.1) is 15.3 Å². The third-order valence-electron chi connectivity index (χ3n) is 5.61. The van der Waals surface area contributed by atoms with Crippen molar-refractivity contribution in [1.82, 2.24) is 4.57 Å². The third-order valence-corrected chi connectivity index (χ3v) is 6.95. The van der Waals surface area contributed by atoms with Gasteiger partial charge in [0.15, 0.2) is 6.10 Å². The van der Waals surface area contributed by atoms with Gasteiger partial charge in [0.2, 0.25) is 0 Å². The summed E-state index contributed by atoms with van der Waals surface area (Å²) < 4.78 is 31.7. The first-order valence-corrected chi connectivity index (χ1v) is 12.5. The Kier molecular flexibility index (Phi) is 7.42. The second-order valence-corrected chi connectivity index (χ2v) is 9.77. The second-order valence-electron chi connectivity index (χ2n) is 8.20. The minimum atomic E-state index is -4.53. The Bertz CT molecular complexity index is 1700. The summed E-state index contributed by atoms with van der Waals surface area (Å²) in [5.41, 5.74) is -0.0556. The van der Waals surface area contributed by atoms with Crippen molar-refractivity contribution >= 4 is 50.4 Å². The van der Waals surface area contributed by atoms with Crippen molar-refractivity contribution < 1.29 is 42.1 Å². The minimum Gasteiger partial charge on any atom is -0.477 e. The Balaban J connectivity index is 1.64. The number of hydrogen-bond acceptors (Lipinski definition) is 8. The molecule has 0 aliphatic rings. The van der Waals surface area contributed by atoms with Crippen LogP contribution in [0.15, 0.2) is 83.8 Å². The zero-order valence-electron chi connectivity index (χ0n) is 19.8. The van der Waals surface area contributed by atoms with Crippen molar-refractivity contribution in [1.29, 1.82) is 0 Å². The van der Waals surface area contributed by atoms with Crippen LogP contribution >= 0.6 is 0 Å². The first kappa shape index (κ1) is 27.0. The lowest BCUT2D eigenvalue weighted by Crippen LogP contribution is -2.34. The van der Waals surface area contributed by atoms with E-state index < -0.39 is 49.7 Å². The molecule has 1 amide bonds. The van der Waals surface area contributed by atoms with Gasteiger partial charge in [0, 0.05) is 29.6 Å². The van der Waals surface area contributed by atoms with E-state index in [1.165, 1.54) is 18.2 Å². The highest BCUT2D eigenvalue weighted by atomic mass is 32.2. The second kappa shape index (κ2) is 10.7. The van der Waals surface area contributed by atoms with Crippen molar-refractivity contribution in [2.75, 3.05) is 5.32 Å². The number of non-ortho nitro benzene ring substituents is 1. The van der Waals surface area contributed by atoms with Crippen LogP contribution in [0.4, 0.5) is 16.2 Å². The Hall–Kier alpha value is -5.08. The molecule has 0 aliphatic carbocycles. The Labute approximate surface area is 220 Å². The number of carbonyl (C=O) groups excluding carboxylic acids is 1. The quantitative estimate of drug-likeness (QED) is 0.156. The fourth-order valence-corrected chi connectivity index (χ4v) is 4.86. The third kappa shape index (κ3) is 5.92. The maximum atomic E-state index is 13.2. The maximum Gasteiger partial charge on any atom is 0.416 e. The molecule has 200 valence electrons. The highest BCUT2D eigenvalue weighted by Crippen LogP contribution is 2.25. The fourth-order valence-electron chi connectivity index (χ4n) is 3.82. The molecule has 3 N–H and O–H groups in total. The summed E-state index contributed by atoms with van der Waals surface area (Å²) in [4.78, 5) is 46.0. The molecule has 4 rings (SSSR count). The maximum absolute atomic E-state index is 13.2. The fraction of sp³-hybridized carbons (Fsp3) is 0.0800. The van der Waals surface area contributed by atoms with Crippen LogP contribution in [0, 0.1) is 10.1 Å². The molecule has 0 saturated heterocycles. The number of benzene rings is 3. The van der Waals surface area contributed by atoms with Crippen molar-refractivity contribution in [3.8, 4) is 0 Å². The van der Waals surface area contributed by atoms with E-state index in [1.807, 2.05) is 0 Å². The smallest absolute Gasteiger partial charge is 0.416 e. The number of carboxylic acids is 1. The SMILES string of the molecule is O=C(O)c1cc2cc(NC(=O)C(Cc3ccccc3)OS(=O)(=O)c3ccc([N+](=O)[O-])cc3)ccc2n1C(=O)O. The first-order valence-electron chi connectivity index (χ1n) is 11.1. The van der Waals surface area contributed by atoms with Gasteiger partial charge in [-0.2, -0.15) is 8.42 Å². The van der Waals surface area contributed by atoms with Gasteiger partial charge in [0.25, 0.3) is 21.7 Å². The molecule has 0 spiro atoms. The van der Waals surface area contributed by atoms with Gasteiger partial charge in [-0.1, -0.05) is 30.3 Å². The average molecular weight is 554 g/mol. The van der Waals surface area contributed by atoms with Gasteiger partial charge in [-0.25, -0.2) is 14.2 Å². The van der Waals surface area contributed by atoms with Gasteiger partial charge < -0.3 is 15.5 Å². The minimum absolute atomic E-state index is 0.0655. The van der Waals surface area contributed by atoms with Crippen LogP contribution in [0.2, 0.25) is 0 Å². The molecule has 0 aliphatic heterocycles. The number of nitro groups is 1. The van der Waals surface area contributed by atoms with Gasteiger partial charge in [-0.3, -0.25) is 19.1 Å². The summed E-state index contributed by atoms with van der Waals surface area (Å²) >= 11 is 0. The standard InChI is InChI=1S/C25H19N3O10S/c29-23(26-17-6-11-20-16(13-17)14-21(24(30)31)27(20)25(32)33)22(12-15-4-2-1-3-5-15)38-39(36,37)19-9-7-18(8-10-19)28(34)35/h1-11,13-14,22H,12H2,(H,26,29)(H,30,31)(H,32,33). The molecule has 13 nitrogen and oxygen atoms in total. The van der Waals surface area contributed by atoms with Crippen LogP contribution in [0.3, 0.4) is 0 Å². The Morgan fingerprint density at radius 2 is 1.64 bits per heavy atom. The number of anilines is 1. The highest BCUT2D eigenvalue weighted by molar-refractivity contribution is 7.86. The zero-order chi connectivity index (χ0) is 28.3. The summed E-state index contributed by atoms with van der Waals surface area (Å²) in [6.07, 6.45) is -3.23. The molecule has 1 atom stereocenters. The van der Waals surface area contributed by atoms with Crippen molar-refractivity contribution in [3.05, 3.63) is 100 Å². The van der Waals surface area contributed by atoms with Crippen molar-refractivity contribution in [2.24, 2.45) is 0 Å². The van der Waals surface area contributed by atoms with Crippen LogP contribution in [-0.2, 0) is 25.5 Å². The number of carbonyl (C=O) groups is 3. The molecule has 1 heterocycles. The molecule has 0 fully saturated rings. The van der Waals surface area contributed by atoms with Gasteiger partial charge in [-0.15, -0.1) is 0 Å². The molecule has 3 aromatic carbocycles. The Morgan fingerprint density at radius 1 is 0.974 bits per heavy atom. The number of nitrogens with one attached hydrogen (secondary N) is 1. The molecule has 1 aromatic heterocycles. The molecular formula is C25H19N3O10S. The van der Waals surface area contributed by atoms with Gasteiger partial charge in [-0.05, 0) is 42.0 Å². The van der Waals surface area contributed by atoms with Gasteiger partial charge >= 0.3 is 12.1 Å². The van der Waals surface area contributed by atoms with E-state index in [1.54, 1.807) is 30.3 Å². The largest absolute Gasteiger partial charge is 0.477 e. The topological polar surface area (TPSA) is 195 Å². The molecule has 1 unspecified atom stereocenters. The van der Waals surface area contributed by atoms with E-state index in [4.69, 9.17) is 4.18 Å². The van der Waals surface area contributed by atoms with E-state index >= 15 is 0 Å². The van der Waals surface area contributed by atoms with Crippen LogP contribution in [0.1, 0.15) is 16.1 Å². The number of rotatable bonds is 9. The average Bonchev–Trinajstić information content (AvgIpc) is 3.28. The summed E-state index contributed by atoms with van der Waals surface area (Å²) in [7, 11) is -4.53. The number of nitrogens with zero attached hydrogens (tertiary/aromatic N) is 2. The van der Waals surface area contributed by atoms with E-state index in [0.717, 1.165) is 30.3 Å². The number of fused-ring (bicyclic) bond motifs is 1. The number of aromatic carboxylic acids is 1. The van der Waals surface area contributed by atoms with Crippen molar-refractivity contribution in [2.45, 2.75) is 17.4 Å². The van der Waals surface area contributed by atoms with Crippen LogP contribution < -0.4 is 5.32 Å². The first-order chi connectivity index (χ1) is 18.5. The molecule has 0 bridgehead atoms. The number of amides is 1. The molecular weight excluding hydrogens is 534 g/mol. The summed E-state index contributed by atoms with van der Waals surface area (Å²) in [5.74, 6) is -2.33. The van der Waals surface area contributed by atoms with Crippen molar-refractivity contribution in [3.63, 3.8) is 0 Å². The predicted molar refractivity (Wildman–Crippen MR) is 136 cm³/mol. The lowest BCUT2D eigenvalue weighted by Gasteiger charge is -2.18. The van der Waals surface area contributed by atoms with E-state index in [0.29, 0.717) is 10.1 Å². The Morgan fingerprint density at radius 3 is 2.23 bits per heavy atom. The number of hydrogen-bond donors (Lipinski definition) is 3. The van der Waals surface area contributed by atoms with Crippen LogP contribution in [0.25, 0.3) is 10.9 Å². The normalized spacial score (nSPS) is 12.1.